The van der Waals surface area contributed by atoms with Gasteiger partial charge in [-0.1, -0.05) is 182 Å². The van der Waals surface area contributed by atoms with Crippen LogP contribution in [0.25, 0.3) is 0 Å². The molecule has 0 N–H and O–H groups in total. The van der Waals surface area contributed by atoms with E-state index in [-0.39, 0.29) is 11.9 Å². The molecular weight excluding hydrogens is 655 g/mol. The van der Waals surface area contributed by atoms with Crippen LogP contribution in [0.2, 0.25) is 0 Å². The van der Waals surface area contributed by atoms with E-state index in [2.05, 4.69) is 32.6 Å². The molecule has 0 aliphatic carbocycles. The molecule has 0 aromatic heterocycles. The Balaban J connectivity index is 2.16. The van der Waals surface area contributed by atoms with Crippen LogP contribution in [-0.4, -0.2) is 49.7 Å². The summed E-state index contributed by atoms with van der Waals surface area (Å²) in [7, 11) is 0. The SMILES string of the molecule is CCCCCC(CCCCC)CCOC(=O)CCCCCCCC(CCCCCCCC(=O)OCCC(CCCCC)CCCCC)CN1CCCC1. The summed E-state index contributed by atoms with van der Waals surface area (Å²) >= 11 is 0. The number of hydrogen-bond acceptors (Lipinski definition) is 5. The Morgan fingerprint density at radius 2 is 0.736 bits per heavy atom. The highest BCUT2D eigenvalue weighted by atomic mass is 16.5. The van der Waals surface area contributed by atoms with E-state index >= 15 is 0 Å². The van der Waals surface area contributed by atoms with Crippen molar-refractivity contribution >= 4 is 11.9 Å². The van der Waals surface area contributed by atoms with Crippen molar-refractivity contribution < 1.29 is 19.1 Å². The monoisotopic (exact) mass is 748 g/mol. The predicted molar refractivity (Wildman–Crippen MR) is 229 cm³/mol. The van der Waals surface area contributed by atoms with Crippen LogP contribution < -0.4 is 0 Å². The molecule has 0 radical (unpaired) electrons. The molecule has 1 aliphatic heterocycles. The Kier molecular flexibility index (Phi) is 35.6. The van der Waals surface area contributed by atoms with Gasteiger partial charge < -0.3 is 14.4 Å². The van der Waals surface area contributed by atoms with Crippen LogP contribution >= 0.6 is 0 Å². The van der Waals surface area contributed by atoms with E-state index in [1.54, 1.807) is 0 Å². The van der Waals surface area contributed by atoms with Crippen LogP contribution in [0.3, 0.4) is 0 Å². The number of hydrogen-bond donors (Lipinski definition) is 0. The number of rotatable bonds is 40. The Morgan fingerprint density at radius 3 is 1.11 bits per heavy atom. The van der Waals surface area contributed by atoms with E-state index in [4.69, 9.17) is 9.47 Å². The van der Waals surface area contributed by atoms with Crippen molar-refractivity contribution in [1.29, 1.82) is 0 Å². The summed E-state index contributed by atoms with van der Waals surface area (Å²) in [5.41, 5.74) is 0. The van der Waals surface area contributed by atoms with Crippen LogP contribution in [-0.2, 0) is 19.1 Å². The molecule has 53 heavy (non-hydrogen) atoms. The van der Waals surface area contributed by atoms with Crippen LogP contribution in [0.4, 0.5) is 0 Å². The maximum absolute atomic E-state index is 12.4. The first-order valence-electron chi connectivity index (χ1n) is 24.1. The molecule has 1 saturated heterocycles. The normalized spacial score (nSPS) is 13.6. The number of esters is 2. The zero-order chi connectivity index (χ0) is 38.5. The van der Waals surface area contributed by atoms with Crippen LogP contribution in [0.1, 0.15) is 246 Å². The van der Waals surface area contributed by atoms with E-state index in [1.807, 2.05) is 0 Å². The van der Waals surface area contributed by atoms with Crippen molar-refractivity contribution in [3.8, 4) is 0 Å². The average molecular weight is 748 g/mol. The quantitative estimate of drug-likeness (QED) is 0.0461. The van der Waals surface area contributed by atoms with E-state index in [0.29, 0.717) is 26.1 Å². The second-order valence-corrected chi connectivity index (χ2v) is 17.2. The van der Waals surface area contributed by atoms with Crippen molar-refractivity contribution in [2.75, 3.05) is 32.8 Å². The van der Waals surface area contributed by atoms with Crippen molar-refractivity contribution in [3.63, 3.8) is 0 Å². The summed E-state index contributed by atoms with van der Waals surface area (Å²) in [4.78, 5) is 27.5. The molecule has 0 unspecified atom stereocenters. The van der Waals surface area contributed by atoms with E-state index in [1.165, 1.54) is 187 Å². The highest BCUT2D eigenvalue weighted by molar-refractivity contribution is 5.69. The molecule has 0 bridgehead atoms. The number of unbranched alkanes of at least 4 members (excludes halogenated alkanes) is 16. The molecule has 5 nitrogen and oxygen atoms in total. The second kappa shape index (κ2) is 37.8. The molecule has 0 aromatic rings. The maximum atomic E-state index is 12.4. The lowest BCUT2D eigenvalue weighted by atomic mass is 9.92. The van der Waals surface area contributed by atoms with Crippen LogP contribution in [0, 0.1) is 17.8 Å². The first-order chi connectivity index (χ1) is 26.0. The standard InChI is InChI=1S/C48H93NO4/c1-5-9-19-29-44(30-20-10-6-2)37-41-52-47(50)35-25-17-13-15-23-33-46(43-49-39-27-28-40-49)34-24-16-14-18-26-36-48(51)53-42-38-45(31-21-11-7-3)32-22-12-8-4/h44-46H,5-43H2,1-4H3. The number of nitrogens with zero attached hydrogens (tertiary/aromatic N) is 1. The smallest absolute Gasteiger partial charge is 0.305 e. The zero-order valence-corrected chi connectivity index (χ0v) is 36.4. The minimum absolute atomic E-state index is 0.0196. The minimum atomic E-state index is 0.0196. The molecule has 314 valence electrons. The van der Waals surface area contributed by atoms with Gasteiger partial charge in [0.15, 0.2) is 0 Å². The Bertz CT molecular complexity index is 720. The summed E-state index contributed by atoms with van der Waals surface area (Å²) in [5, 5.41) is 0. The molecule has 0 aromatic carbocycles. The molecular formula is C48H93NO4. The molecule has 1 fully saturated rings. The fraction of sp³-hybridized carbons (Fsp3) is 0.958. The van der Waals surface area contributed by atoms with Gasteiger partial charge in [0.1, 0.15) is 0 Å². The van der Waals surface area contributed by atoms with Gasteiger partial charge in [-0.2, -0.15) is 0 Å². The lowest BCUT2D eigenvalue weighted by Crippen LogP contribution is -2.26. The van der Waals surface area contributed by atoms with Crippen LogP contribution in [0.15, 0.2) is 0 Å². The third-order valence-electron chi connectivity index (χ3n) is 12.1. The molecule has 1 aliphatic rings. The third kappa shape index (κ3) is 31.8. The van der Waals surface area contributed by atoms with Gasteiger partial charge in [-0.15, -0.1) is 0 Å². The van der Waals surface area contributed by atoms with Crippen molar-refractivity contribution in [1.82, 2.24) is 4.90 Å². The van der Waals surface area contributed by atoms with Crippen molar-refractivity contribution in [2.24, 2.45) is 17.8 Å². The van der Waals surface area contributed by atoms with Gasteiger partial charge >= 0.3 is 11.9 Å². The third-order valence-corrected chi connectivity index (χ3v) is 12.1. The molecule has 0 saturated carbocycles. The maximum Gasteiger partial charge on any atom is 0.305 e. The van der Waals surface area contributed by atoms with E-state index in [0.717, 1.165) is 56.3 Å². The van der Waals surface area contributed by atoms with Crippen molar-refractivity contribution in [3.05, 3.63) is 0 Å². The summed E-state index contributed by atoms with van der Waals surface area (Å²) in [6.45, 7) is 14.2. The first-order valence-corrected chi connectivity index (χ1v) is 24.1. The number of carbonyl (C=O) groups is 2. The van der Waals surface area contributed by atoms with Gasteiger partial charge in [-0.3, -0.25) is 9.59 Å². The molecule has 5 heteroatoms. The van der Waals surface area contributed by atoms with Gasteiger partial charge in [0, 0.05) is 19.4 Å². The summed E-state index contributed by atoms with van der Waals surface area (Å²) < 4.78 is 11.3. The van der Waals surface area contributed by atoms with Gasteiger partial charge in [-0.05, 0) is 82.2 Å². The number of likely N-dealkylation sites (tertiary alicyclic amines) is 1. The Labute approximate surface area is 331 Å². The van der Waals surface area contributed by atoms with E-state index in [9.17, 15) is 9.59 Å². The minimum Gasteiger partial charge on any atom is -0.466 e. The molecule has 0 atom stereocenters. The van der Waals surface area contributed by atoms with E-state index < -0.39 is 0 Å². The fourth-order valence-electron chi connectivity index (χ4n) is 8.54. The summed E-state index contributed by atoms with van der Waals surface area (Å²) in [5.74, 6) is 2.31. The Hall–Kier alpha value is -1.10. The van der Waals surface area contributed by atoms with Gasteiger partial charge in [0.25, 0.3) is 0 Å². The summed E-state index contributed by atoms with van der Waals surface area (Å²) in [6, 6.07) is 0. The molecule has 1 rings (SSSR count). The van der Waals surface area contributed by atoms with Crippen molar-refractivity contribution in [2.45, 2.75) is 246 Å². The highest BCUT2D eigenvalue weighted by Gasteiger charge is 2.18. The zero-order valence-electron chi connectivity index (χ0n) is 36.4. The molecule has 1 heterocycles. The lowest BCUT2D eigenvalue weighted by molar-refractivity contribution is -0.145. The van der Waals surface area contributed by atoms with Gasteiger partial charge in [0.05, 0.1) is 13.2 Å². The second-order valence-electron chi connectivity index (χ2n) is 17.2. The largest absolute Gasteiger partial charge is 0.466 e. The predicted octanol–water partition coefficient (Wildman–Crippen LogP) is 14.6. The topological polar surface area (TPSA) is 55.8 Å². The average Bonchev–Trinajstić information content (AvgIpc) is 3.67. The summed E-state index contributed by atoms with van der Waals surface area (Å²) in [6.07, 6.45) is 41.5. The fourth-order valence-corrected chi connectivity index (χ4v) is 8.54. The Morgan fingerprint density at radius 1 is 0.415 bits per heavy atom. The molecule has 0 amide bonds. The lowest BCUT2D eigenvalue weighted by Gasteiger charge is -2.23. The number of ether oxygens (including phenoxy) is 2. The van der Waals surface area contributed by atoms with Crippen LogP contribution in [0.5, 0.6) is 0 Å². The van der Waals surface area contributed by atoms with Gasteiger partial charge in [0.2, 0.25) is 0 Å². The molecule has 0 spiro atoms. The first kappa shape index (κ1) is 49.9. The number of carbonyl (C=O) groups excluding carboxylic acids is 2. The van der Waals surface area contributed by atoms with Gasteiger partial charge in [-0.25, -0.2) is 0 Å². The highest BCUT2D eigenvalue weighted by Crippen LogP contribution is 2.24.